The largest absolute Gasteiger partial charge is 0.399 e. The molecule has 0 N–H and O–H groups in total. The summed E-state index contributed by atoms with van der Waals surface area (Å²) in [6.07, 6.45) is -0.0926. The molecule has 0 fully saturated rings. The van der Waals surface area contributed by atoms with E-state index in [0.29, 0.717) is 0 Å². The first-order chi connectivity index (χ1) is 4.95. The van der Waals surface area contributed by atoms with Crippen molar-refractivity contribution in [3.8, 4) is 0 Å². The van der Waals surface area contributed by atoms with Crippen molar-refractivity contribution in [1.29, 1.82) is 0 Å². The van der Waals surface area contributed by atoms with Crippen LogP contribution in [0.5, 0.6) is 0 Å². The summed E-state index contributed by atoms with van der Waals surface area (Å²) in [6, 6.07) is 0. The quantitative estimate of drug-likeness (QED) is 0.427. The molecule has 0 atom stereocenters. The van der Waals surface area contributed by atoms with Gasteiger partial charge in [-0.2, -0.15) is 0 Å². The van der Waals surface area contributed by atoms with Crippen molar-refractivity contribution in [1.82, 2.24) is 4.81 Å². The number of carbonyl (C=O) groups excluding carboxylic acids is 2. The Kier molecular flexibility index (Phi) is 3.86. The van der Waals surface area contributed by atoms with E-state index >= 15 is 0 Å². The molecule has 0 aromatic carbocycles. The van der Waals surface area contributed by atoms with Gasteiger partial charge in [-0.3, -0.25) is 9.59 Å². The Morgan fingerprint density at radius 2 is 1.91 bits per heavy atom. The molecular formula is C7H12BNO2. The molecule has 0 aromatic rings. The molecule has 0 spiro atoms. The van der Waals surface area contributed by atoms with E-state index in [0.717, 1.165) is 4.81 Å². The topological polar surface area (TPSA) is 37.4 Å². The van der Waals surface area contributed by atoms with E-state index in [1.807, 2.05) is 0 Å². The smallest absolute Gasteiger partial charge is 0.230 e. The molecule has 60 valence electrons. The standard InChI is InChI=1S/C7H12BNO2/c1-5(2)6(10)4-7(11)9(3)8/h5H,4H2,1-3H3. The van der Waals surface area contributed by atoms with Gasteiger partial charge >= 0.3 is 0 Å². The zero-order valence-electron chi connectivity index (χ0n) is 7.13. The highest BCUT2D eigenvalue weighted by atomic mass is 16.2. The van der Waals surface area contributed by atoms with E-state index in [9.17, 15) is 9.59 Å². The molecule has 4 heteroatoms. The fraction of sp³-hybridized carbons (Fsp3) is 0.714. The maximum absolute atomic E-state index is 11.0. The summed E-state index contributed by atoms with van der Waals surface area (Å²) in [6.45, 7) is 3.51. The summed E-state index contributed by atoms with van der Waals surface area (Å²) in [5.74, 6) is -0.519. The highest BCUT2D eigenvalue weighted by Crippen LogP contribution is 1.99. The van der Waals surface area contributed by atoms with Crippen LogP contribution in [-0.4, -0.2) is 31.5 Å². The van der Waals surface area contributed by atoms with Crippen molar-refractivity contribution in [2.75, 3.05) is 7.05 Å². The molecule has 0 heterocycles. The maximum atomic E-state index is 11.0. The molecule has 0 bridgehead atoms. The Balaban J connectivity index is 3.86. The van der Waals surface area contributed by atoms with Crippen LogP contribution in [0.2, 0.25) is 0 Å². The van der Waals surface area contributed by atoms with Crippen molar-refractivity contribution >= 4 is 19.7 Å². The molecule has 0 aliphatic rings. The van der Waals surface area contributed by atoms with Gasteiger partial charge in [0, 0.05) is 5.92 Å². The minimum atomic E-state index is -0.344. The summed E-state index contributed by atoms with van der Waals surface area (Å²) < 4.78 is 0. The van der Waals surface area contributed by atoms with E-state index in [1.54, 1.807) is 13.8 Å². The fourth-order valence-electron chi connectivity index (χ4n) is 0.478. The van der Waals surface area contributed by atoms with Crippen LogP contribution in [0, 0.1) is 5.92 Å². The van der Waals surface area contributed by atoms with Gasteiger partial charge in [0.05, 0.1) is 6.42 Å². The minimum Gasteiger partial charge on any atom is -0.399 e. The summed E-state index contributed by atoms with van der Waals surface area (Å²) in [4.78, 5) is 22.7. The third-order valence-corrected chi connectivity index (χ3v) is 1.36. The molecule has 3 nitrogen and oxygen atoms in total. The number of nitrogens with zero attached hydrogens (tertiary/aromatic N) is 1. The summed E-state index contributed by atoms with van der Waals surface area (Å²) in [5, 5.41) is 0. The van der Waals surface area contributed by atoms with Crippen LogP contribution in [0.4, 0.5) is 0 Å². The second-order valence-corrected chi connectivity index (χ2v) is 2.80. The van der Waals surface area contributed by atoms with E-state index in [-0.39, 0.29) is 24.0 Å². The second kappa shape index (κ2) is 4.16. The van der Waals surface area contributed by atoms with Crippen molar-refractivity contribution < 1.29 is 9.59 Å². The second-order valence-electron chi connectivity index (χ2n) is 2.80. The lowest BCUT2D eigenvalue weighted by molar-refractivity contribution is -0.132. The summed E-state index contributed by atoms with van der Waals surface area (Å²) in [5.41, 5.74) is 0. The van der Waals surface area contributed by atoms with E-state index in [4.69, 9.17) is 7.98 Å². The maximum Gasteiger partial charge on any atom is 0.230 e. The van der Waals surface area contributed by atoms with Gasteiger partial charge in [-0.25, -0.2) is 0 Å². The number of hydrogen-bond acceptors (Lipinski definition) is 2. The molecule has 0 unspecified atom stereocenters. The van der Waals surface area contributed by atoms with Gasteiger partial charge in [0.1, 0.15) is 5.78 Å². The molecule has 0 rings (SSSR count). The van der Waals surface area contributed by atoms with E-state index in [1.165, 1.54) is 7.05 Å². The third kappa shape index (κ3) is 3.81. The van der Waals surface area contributed by atoms with Crippen molar-refractivity contribution in [3.05, 3.63) is 0 Å². The van der Waals surface area contributed by atoms with Gasteiger partial charge in [-0.15, -0.1) is 0 Å². The van der Waals surface area contributed by atoms with Gasteiger partial charge < -0.3 is 4.81 Å². The number of hydrogen-bond donors (Lipinski definition) is 0. The molecule has 0 saturated heterocycles. The molecule has 0 aliphatic heterocycles. The van der Waals surface area contributed by atoms with Crippen LogP contribution in [0.25, 0.3) is 0 Å². The third-order valence-electron chi connectivity index (χ3n) is 1.36. The Bertz CT molecular complexity index is 148. The summed E-state index contributed by atoms with van der Waals surface area (Å²) >= 11 is 0. The molecule has 0 saturated carbocycles. The van der Waals surface area contributed by atoms with Crippen molar-refractivity contribution in [3.63, 3.8) is 0 Å². The first kappa shape index (κ1) is 10.2. The lowest BCUT2D eigenvalue weighted by Gasteiger charge is -2.10. The molecular weight excluding hydrogens is 141 g/mol. The first-order valence-electron chi connectivity index (χ1n) is 3.49. The van der Waals surface area contributed by atoms with Gasteiger partial charge in [-0.05, 0) is 7.05 Å². The van der Waals surface area contributed by atoms with Crippen LogP contribution >= 0.6 is 0 Å². The first-order valence-corrected chi connectivity index (χ1v) is 3.49. The predicted octanol–water partition coefficient (Wildman–Crippen LogP) is 0.143. The molecule has 1 amide bonds. The van der Waals surface area contributed by atoms with Crippen LogP contribution < -0.4 is 0 Å². The number of rotatable bonds is 3. The predicted molar refractivity (Wildman–Crippen MR) is 43.0 cm³/mol. The molecule has 0 aromatic heterocycles. The Morgan fingerprint density at radius 3 is 2.18 bits per heavy atom. The zero-order chi connectivity index (χ0) is 9.02. The van der Waals surface area contributed by atoms with E-state index < -0.39 is 0 Å². The number of amides is 1. The van der Waals surface area contributed by atoms with Gasteiger partial charge in [0.2, 0.25) is 13.9 Å². The SMILES string of the molecule is [B]N(C)C(=O)CC(=O)C(C)C. The lowest BCUT2D eigenvalue weighted by atomic mass is 10.1. The molecule has 0 aliphatic carbocycles. The van der Waals surface area contributed by atoms with Crippen molar-refractivity contribution in [2.45, 2.75) is 20.3 Å². The Morgan fingerprint density at radius 1 is 1.45 bits per heavy atom. The van der Waals surface area contributed by atoms with Crippen LogP contribution in [-0.2, 0) is 9.59 Å². The van der Waals surface area contributed by atoms with Crippen LogP contribution in [0.3, 0.4) is 0 Å². The van der Waals surface area contributed by atoms with Gasteiger partial charge in [0.25, 0.3) is 0 Å². The van der Waals surface area contributed by atoms with Crippen LogP contribution in [0.1, 0.15) is 20.3 Å². The number of carbonyl (C=O) groups is 2. The minimum absolute atomic E-state index is 0.0766. The zero-order valence-corrected chi connectivity index (χ0v) is 7.13. The fourth-order valence-corrected chi connectivity index (χ4v) is 0.478. The summed E-state index contributed by atoms with van der Waals surface area (Å²) in [7, 11) is 6.54. The van der Waals surface area contributed by atoms with Crippen LogP contribution in [0.15, 0.2) is 0 Å². The number of Topliss-reactive ketones (excluding diaryl/α,β-unsaturated/α-hetero) is 1. The number of ketones is 1. The molecule has 11 heavy (non-hydrogen) atoms. The highest BCUT2D eigenvalue weighted by molar-refractivity contribution is 6.16. The van der Waals surface area contributed by atoms with Crippen molar-refractivity contribution in [2.24, 2.45) is 5.92 Å². The Labute approximate surface area is 68.2 Å². The molecule has 2 radical (unpaired) electrons. The monoisotopic (exact) mass is 153 g/mol. The lowest BCUT2D eigenvalue weighted by Crippen LogP contribution is -2.27. The normalized spacial score (nSPS) is 9.82. The highest BCUT2D eigenvalue weighted by Gasteiger charge is 2.13. The average molecular weight is 153 g/mol. The Hall–Kier alpha value is -0.795. The van der Waals surface area contributed by atoms with Gasteiger partial charge in [0.15, 0.2) is 0 Å². The average Bonchev–Trinajstić information content (AvgIpc) is 1.87. The van der Waals surface area contributed by atoms with E-state index in [2.05, 4.69) is 0 Å². The van der Waals surface area contributed by atoms with Gasteiger partial charge in [-0.1, -0.05) is 13.8 Å².